The SMILES string of the molecule is CC1(C)c2ccccc2-c2c(-c3c4ccccc4c(-c4ccc5ccccc5c4)c4ccccc34)cc3c(oc4c5ccccc5ccc34)c21. The van der Waals surface area contributed by atoms with E-state index in [4.69, 9.17) is 4.42 Å². The summed E-state index contributed by atoms with van der Waals surface area (Å²) in [5, 5.41) is 12.2. The lowest BCUT2D eigenvalue weighted by molar-refractivity contribution is 0.621. The van der Waals surface area contributed by atoms with Crippen LogP contribution in [0.5, 0.6) is 0 Å². The molecule has 0 atom stereocenters. The van der Waals surface area contributed by atoms with Crippen LogP contribution < -0.4 is 0 Å². The highest BCUT2D eigenvalue weighted by Gasteiger charge is 2.40. The number of hydrogen-bond acceptors (Lipinski definition) is 1. The minimum atomic E-state index is -0.249. The van der Waals surface area contributed by atoms with E-state index in [9.17, 15) is 0 Å². The van der Waals surface area contributed by atoms with E-state index in [0.29, 0.717) is 0 Å². The van der Waals surface area contributed by atoms with Gasteiger partial charge in [-0.15, -0.1) is 0 Å². The van der Waals surface area contributed by atoms with E-state index in [0.717, 1.165) is 21.9 Å². The lowest BCUT2D eigenvalue weighted by Gasteiger charge is -2.23. The van der Waals surface area contributed by atoms with Gasteiger partial charge in [0.1, 0.15) is 11.2 Å². The Morgan fingerprint density at radius 3 is 1.70 bits per heavy atom. The first-order chi connectivity index (χ1) is 24.6. The summed E-state index contributed by atoms with van der Waals surface area (Å²) in [4.78, 5) is 0. The number of benzene rings is 9. The van der Waals surface area contributed by atoms with Gasteiger partial charge in [-0.05, 0) is 94.8 Å². The molecule has 0 bridgehead atoms. The number of hydrogen-bond donors (Lipinski definition) is 0. The van der Waals surface area contributed by atoms with Crippen LogP contribution in [0.15, 0.2) is 162 Å². The predicted molar refractivity (Wildman–Crippen MR) is 212 cm³/mol. The summed E-state index contributed by atoms with van der Waals surface area (Å²) in [6.07, 6.45) is 0. The van der Waals surface area contributed by atoms with E-state index in [1.807, 2.05) is 0 Å². The summed E-state index contributed by atoms with van der Waals surface area (Å²) in [7, 11) is 0. The fraction of sp³-hybridized carbons (Fsp3) is 0.0612. The van der Waals surface area contributed by atoms with Crippen LogP contribution >= 0.6 is 0 Å². The maximum Gasteiger partial charge on any atom is 0.143 e. The molecule has 234 valence electrons. The maximum absolute atomic E-state index is 7.05. The van der Waals surface area contributed by atoms with Crippen LogP contribution in [-0.2, 0) is 5.41 Å². The number of fused-ring (bicyclic) bond motifs is 12. The van der Waals surface area contributed by atoms with Crippen molar-refractivity contribution in [1.82, 2.24) is 0 Å². The molecule has 0 spiro atoms. The summed E-state index contributed by atoms with van der Waals surface area (Å²) in [5.74, 6) is 0. The van der Waals surface area contributed by atoms with Gasteiger partial charge in [-0.25, -0.2) is 0 Å². The van der Waals surface area contributed by atoms with E-state index >= 15 is 0 Å². The summed E-state index contributed by atoms with van der Waals surface area (Å²) in [6, 6.07) is 58.1. The Morgan fingerprint density at radius 1 is 0.380 bits per heavy atom. The Labute approximate surface area is 290 Å². The largest absolute Gasteiger partial charge is 0.455 e. The second kappa shape index (κ2) is 9.94. The van der Waals surface area contributed by atoms with E-state index in [2.05, 4.69) is 172 Å². The second-order valence-electron chi connectivity index (χ2n) is 14.4. The number of rotatable bonds is 2. The summed E-state index contributed by atoms with van der Waals surface area (Å²) < 4.78 is 7.05. The molecule has 0 saturated heterocycles. The fourth-order valence-corrected chi connectivity index (χ4v) is 9.17. The highest BCUT2D eigenvalue weighted by atomic mass is 16.3. The lowest BCUT2D eigenvalue weighted by Crippen LogP contribution is -2.15. The zero-order valence-corrected chi connectivity index (χ0v) is 27.9. The predicted octanol–water partition coefficient (Wildman–Crippen LogP) is 13.8. The van der Waals surface area contributed by atoms with Gasteiger partial charge in [-0.3, -0.25) is 0 Å². The molecule has 0 saturated carbocycles. The van der Waals surface area contributed by atoms with Crippen molar-refractivity contribution < 1.29 is 4.42 Å². The van der Waals surface area contributed by atoms with E-state index in [1.165, 1.54) is 87.6 Å². The minimum absolute atomic E-state index is 0.249. The van der Waals surface area contributed by atoms with Gasteiger partial charge < -0.3 is 4.42 Å². The van der Waals surface area contributed by atoms with Crippen molar-refractivity contribution >= 4 is 65.0 Å². The van der Waals surface area contributed by atoms with Crippen molar-refractivity contribution in [1.29, 1.82) is 0 Å². The maximum atomic E-state index is 7.05. The third-order valence-corrected chi connectivity index (χ3v) is 11.4. The van der Waals surface area contributed by atoms with Gasteiger partial charge in [-0.1, -0.05) is 153 Å². The molecule has 9 aromatic carbocycles. The first-order valence-corrected chi connectivity index (χ1v) is 17.5. The van der Waals surface area contributed by atoms with Gasteiger partial charge in [0.25, 0.3) is 0 Å². The van der Waals surface area contributed by atoms with Gasteiger partial charge in [-0.2, -0.15) is 0 Å². The van der Waals surface area contributed by atoms with E-state index < -0.39 is 0 Å². The van der Waals surface area contributed by atoms with Crippen molar-refractivity contribution in [2.45, 2.75) is 19.3 Å². The molecule has 0 fully saturated rings. The van der Waals surface area contributed by atoms with Gasteiger partial charge in [0.2, 0.25) is 0 Å². The van der Waals surface area contributed by atoms with Gasteiger partial charge in [0.05, 0.1) is 0 Å². The third-order valence-electron chi connectivity index (χ3n) is 11.4. The summed E-state index contributed by atoms with van der Waals surface area (Å²) >= 11 is 0. The molecular formula is C49H32O. The van der Waals surface area contributed by atoms with Crippen LogP contribution in [0.4, 0.5) is 0 Å². The molecule has 1 aliphatic rings. The molecule has 1 nitrogen and oxygen atoms in total. The standard InChI is InChI=1S/C49H32O/c1-49(2)42-22-12-11-21-39(42)45-41(28-40-38-26-25-30-14-5-6-16-33(30)47(38)50-48(40)46(45)49)44-36-19-9-7-17-34(36)43(35-18-8-10-20-37(35)44)32-24-23-29-13-3-4-15-31(29)27-32/h3-28H,1-2H3. The monoisotopic (exact) mass is 636 g/mol. The molecule has 1 heteroatoms. The van der Waals surface area contributed by atoms with Gasteiger partial charge in [0, 0.05) is 27.1 Å². The first kappa shape index (κ1) is 27.7. The van der Waals surface area contributed by atoms with Crippen molar-refractivity contribution in [3.05, 3.63) is 169 Å². The van der Waals surface area contributed by atoms with Gasteiger partial charge >= 0.3 is 0 Å². The Bertz CT molecular complexity index is 3010. The van der Waals surface area contributed by atoms with Gasteiger partial charge in [0.15, 0.2) is 0 Å². The van der Waals surface area contributed by atoms with Crippen LogP contribution in [-0.4, -0.2) is 0 Å². The first-order valence-electron chi connectivity index (χ1n) is 17.5. The minimum Gasteiger partial charge on any atom is -0.455 e. The molecule has 0 amide bonds. The van der Waals surface area contributed by atoms with Crippen molar-refractivity contribution in [3.8, 4) is 33.4 Å². The summed E-state index contributed by atoms with van der Waals surface area (Å²) in [6.45, 7) is 4.73. The molecule has 1 heterocycles. The second-order valence-corrected chi connectivity index (χ2v) is 14.4. The average molecular weight is 637 g/mol. The molecule has 10 aromatic rings. The van der Waals surface area contributed by atoms with Crippen LogP contribution in [0.2, 0.25) is 0 Å². The number of furan rings is 1. The molecule has 1 aliphatic carbocycles. The van der Waals surface area contributed by atoms with E-state index in [1.54, 1.807) is 0 Å². The average Bonchev–Trinajstić information content (AvgIpc) is 3.65. The van der Waals surface area contributed by atoms with Crippen molar-refractivity contribution in [2.75, 3.05) is 0 Å². The van der Waals surface area contributed by atoms with Crippen molar-refractivity contribution in [2.24, 2.45) is 0 Å². The lowest BCUT2D eigenvalue weighted by atomic mass is 9.79. The fourth-order valence-electron chi connectivity index (χ4n) is 9.17. The quantitative estimate of drug-likeness (QED) is 0.172. The Hall–Kier alpha value is -6.18. The molecule has 11 rings (SSSR count). The molecule has 0 N–H and O–H groups in total. The Morgan fingerprint density at radius 2 is 0.960 bits per heavy atom. The molecule has 0 unspecified atom stereocenters. The third kappa shape index (κ3) is 3.62. The molecule has 1 aromatic heterocycles. The smallest absolute Gasteiger partial charge is 0.143 e. The van der Waals surface area contributed by atoms with Crippen LogP contribution in [0.1, 0.15) is 25.0 Å². The highest BCUT2D eigenvalue weighted by Crippen LogP contribution is 2.58. The van der Waals surface area contributed by atoms with Crippen molar-refractivity contribution in [3.63, 3.8) is 0 Å². The molecule has 0 radical (unpaired) electrons. The topological polar surface area (TPSA) is 13.1 Å². The van der Waals surface area contributed by atoms with Crippen LogP contribution in [0.25, 0.3) is 98.4 Å². The van der Waals surface area contributed by atoms with Crippen LogP contribution in [0, 0.1) is 0 Å². The molecule has 50 heavy (non-hydrogen) atoms. The summed E-state index contributed by atoms with van der Waals surface area (Å²) in [5.41, 5.74) is 12.0. The zero-order chi connectivity index (χ0) is 33.1. The Balaban J connectivity index is 1.33. The zero-order valence-electron chi connectivity index (χ0n) is 27.9. The molecule has 0 aliphatic heterocycles. The van der Waals surface area contributed by atoms with E-state index in [-0.39, 0.29) is 5.41 Å². The van der Waals surface area contributed by atoms with Crippen LogP contribution in [0.3, 0.4) is 0 Å². The highest BCUT2D eigenvalue weighted by molar-refractivity contribution is 6.25. The Kier molecular flexibility index (Phi) is 5.51. The molecular weight excluding hydrogens is 605 g/mol. The normalized spacial score (nSPS) is 13.6.